The third kappa shape index (κ3) is 1.91. The van der Waals surface area contributed by atoms with Gasteiger partial charge in [-0.15, -0.1) is 0 Å². The molecule has 0 fully saturated rings. The minimum Gasteiger partial charge on any atom is -0.392 e. The van der Waals surface area contributed by atoms with Gasteiger partial charge in [-0.2, -0.15) is 0 Å². The quantitative estimate of drug-likeness (QED) is 0.669. The molecule has 22 heavy (non-hydrogen) atoms. The van der Waals surface area contributed by atoms with Gasteiger partial charge in [0, 0.05) is 22.3 Å². The van der Waals surface area contributed by atoms with Crippen molar-refractivity contribution in [3.63, 3.8) is 0 Å². The highest BCUT2D eigenvalue weighted by atomic mass is 16.3. The molecule has 3 rings (SSSR count). The zero-order valence-electron chi connectivity index (χ0n) is 11.7. The summed E-state index contributed by atoms with van der Waals surface area (Å²) in [7, 11) is 0. The van der Waals surface area contributed by atoms with E-state index in [1.165, 1.54) is 6.07 Å². The van der Waals surface area contributed by atoms with Crippen LogP contribution in [0.1, 0.15) is 48.5 Å². The molecule has 2 aromatic rings. The number of hydrogen-bond acceptors (Lipinski definition) is 5. The SMILES string of the molecule is O=C1c2ccccc2C(=O)c2c1cc(CO)c(CO)c2CO. The first-order chi connectivity index (χ1) is 10.6. The molecule has 0 aromatic heterocycles. The van der Waals surface area contributed by atoms with Crippen molar-refractivity contribution in [2.45, 2.75) is 19.8 Å². The zero-order chi connectivity index (χ0) is 15.9. The largest absolute Gasteiger partial charge is 0.392 e. The zero-order valence-corrected chi connectivity index (χ0v) is 11.7. The van der Waals surface area contributed by atoms with E-state index in [4.69, 9.17) is 0 Å². The van der Waals surface area contributed by atoms with Crippen LogP contribution in [-0.4, -0.2) is 26.9 Å². The van der Waals surface area contributed by atoms with Crippen LogP contribution in [0.5, 0.6) is 0 Å². The first kappa shape index (κ1) is 14.6. The number of hydrogen-bond donors (Lipinski definition) is 3. The molecule has 0 amide bonds. The number of rotatable bonds is 3. The van der Waals surface area contributed by atoms with Gasteiger partial charge < -0.3 is 15.3 Å². The van der Waals surface area contributed by atoms with E-state index in [9.17, 15) is 24.9 Å². The number of fused-ring (bicyclic) bond motifs is 2. The van der Waals surface area contributed by atoms with Crippen molar-refractivity contribution in [2.75, 3.05) is 0 Å². The van der Waals surface area contributed by atoms with Gasteiger partial charge >= 0.3 is 0 Å². The van der Waals surface area contributed by atoms with E-state index < -0.39 is 13.2 Å². The summed E-state index contributed by atoms with van der Waals surface area (Å²) in [4.78, 5) is 25.3. The summed E-state index contributed by atoms with van der Waals surface area (Å²) < 4.78 is 0. The number of aliphatic hydroxyl groups excluding tert-OH is 3. The monoisotopic (exact) mass is 298 g/mol. The van der Waals surface area contributed by atoms with Crippen LogP contribution in [0.25, 0.3) is 0 Å². The van der Waals surface area contributed by atoms with E-state index in [1.54, 1.807) is 24.3 Å². The average molecular weight is 298 g/mol. The molecule has 3 N–H and O–H groups in total. The molecular formula is C17H14O5. The molecule has 0 unspecified atom stereocenters. The van der Waals surface area contributed by atoms with Gasteiger partial charge in [0.15, 0.2) is 11.6 Å². The molecule has 0 spiro atoms. The minimum atomic E-state index is -0.493. The molecule has 1 aliphatic rings. The summed E-state index contributed by atoms with van der Waals surface area (Å²) in [6, 6.07) is 7.92. The maximum absolute atomic E-state index is 12.7. The lowest BCUT2D eigenvalue weighted by molar-refractivity contribution is 0.0976. The van der Waals surface area contributed by atoms with Crippen LogP contribution in [0.15, 0.2) is 30.3 Å². The smallest absolute Gasteiger partial charge is 0.194 e. The Morgan fingerprint density at radius 3 is 1.86 bits per heavy atom. The normalized spacial score (nSPS) is 13.0. The Hall–Kier alpha value is -2.34. The molecule has 5 heteroatoms. The maximum atomic E-state index is 12.7. The van der Waals surface area contributed by atoms with E-state index in [0.29, 0.717) is 16.7 Å². The summed E-state index contributed by atoms with van der Waals surface area (Å²) in [5.41, 5.74) is 1.72. The molecule has 5 nitrogen and oxygen atoms in total. The molecule has 0 bridgehead atoms. The molecule has 112 valence electrons. The van der Waals surface area contributed by atoms with Crippen LogP contribution >= 0.6 is 0 Å². The van der Waals surface area contributed by atoms with Crippen LogP contribution < -0.4 is 0 Å². The fraction of sp³-hybridized carbons (Fsp3) is 0.176. The topological polar surface area (TPSA) is 94.8 Å². The highest BCUT2D eigenvalue weighted by Gasteiger charge is 2.33. The predicted molar refractivity (Wildman–Crippen MR) is 77.5 cm³/mol. The molecule has 0 aliphatic heterocycles. The Bertz CT molecular complexity index is 792. The van der Waals surface area contributed by atoms with Crippen molar-refractivity contribution in [3.8, 4) is 0 Å². The van der Waals surface area contributed by atoms with Gasteiger partial charge in [0.25, 0.3) is 0 Å². The Kier molecular flexibility index (Phi) is 3.62. The minimum absolute atomic E-state index is 0.118. The Morgan fingerprint density at radius 1 is 0.727 bits per heavy atom. The van der Waals surface area contributed by atoms with Crippen LogP contribution in [-0.2, 0) is 19.8 Å². The van der Waals surface area contributed by atoms with Gasteiger partial charge in [0.2, 0.25) is 0 Å². The van der Waals surface area contributed by atoms with Gasteiger partial charge in [-0.25, -0.2) is 0 Å². The van der Waals surface area contributed by atoms with E-state index in [2.05, 4.69) is 0 Å². The summed E-state index contributed by atoms with van der Waals surface area (Å²) in [6.07, 6.45) is 0. The maximum Gasteiger partial charge on any atom is 0.194 e. The van der Waals surface area contributed by atoms with E-state index in [-0.39, 0.29) is 40.4 Å². The molecule has 0 saturated heterocycles. The van der Waals surface area contributed by atoms with Crippen LogP contribution in [0.3, 0.4) is 0 Å². The van der Waals surface area contributed by atoms with Crippen LogP contribution in [0, 0.1) is 0 Å². The fourth-order valence-corrected chi connectivity index (χ4v) is 2.95. The molecule has 0 radical (unpaired) electrons. The van der Waals surface area contributed by atoms with Crippen LogP contribution in [0.2, 0.25) is 0 Å². The van der Waals surface area contributed by atoms with E-state index >= 15 is 0 Å². The first-order valence-electron chi connectivity index (χ1n) is 6.82. The van der Waals surface area contributed by atoms with Gasteiger partial charge in [0.05, 0.1) is 19.8 Å². The molecule has 0 saturated carbocycles. The van der Waals surface area contributed by atoms with Crippen molar-refractivity contribution >= 4 is 11.6 Å². The predicted octanol–water partition coefficient (Wildman–Crippen LogP) is 0.939. The molecule has 0 heterocycles. The molecule has 2 aromatic carbocycles. The van der Waals surface area contributed by atoms with E-state index in [1.807, 2.05) is 0 Å². The summed E-state index contributed by atoms with van der Waals surface area (Å²) in [5.74, 6) is -0.674. The summed E-state index contributed by atoms with van der Waals surface area (Å²) >= 11 is 0. The van der Waals surface area contributed by atoms with Gasteiger partial charge in [-0.05, 0) is 22.8 Å². The molecule has 1 aliphatic carbocycles. The van der Waals surface area contributed by atoms with Crippen molar-refractivity contribution in [1.82, 2.24) is 0 Å². The second kappa shape index (κ2) is 5.46. The number of carbonyl (C=O) groups excluding carboxylic acids is 2. The highest BCUT2D eigenvalue weighted by molar-refractivity contribution is 6.29. The van der Waals surface area contributed by atoms with Crippen molar-refractivity contribution < 1.29 is 24.9 Å². The standard InChI is InChI=1S/C17H14O5/c18-6-9-5-12-15(14(8-20)13(9)7-19)17(22)11-4-2-1-3-10(11)16(12)21/h1-5,18-20H,6-8H2. The number of benzene rings is 2. The molecule has 0 atom stereocenters. The third-order valence-corrected chi connectivity index (χ3v) is 4.02. The average Bonchev–Trinajstić information content (AvgIpc) is 2.57. The van der Waals surface area contributed by atoms with Gasteiger partial charge in [0.1, 0.15) is 0 Å². The molecular weight excluding hydrogens is 284 g/mol. The van der Waals surface area contributed by atoms with E-state index in [0.717, 1.165) is 0 Å². The van der Waals surface area contributed by atoms with Crippen molar-refractivity contribution in [1.29, 1.82) is 0 Å². The Balaban J connectivity index is 2.37. The first-order valence-corrected chi connectivity index (χ1v) is 6.82. The lowest BCUT2D eigenvalue weighted by atomic mass is 9.79. The summed E-state index contributed by atoms with van der Waals surface area (Å²) in [5, 5.41) is 28.5. The Labute approximate surface area is 126 Å². The second-order valence-corrected chi connectivity index (χ2v) is 5.09. The van der Waals surface area contributed by atoms with Gasteiger partial charge in [-0.1, -0.05) is 24.3 Å². The van der Waals surface area contributed by atoms with Gasteiger partial charge in [-0.3, -0.25) is 9.59 Å². The van der Waals surface area contributed by atoms with Crippen molar-refractivity contribution in [2.24, 2.45) is 0 Å². The fourth-order valence-electron chi connectivity index (χ4n) is 2.95. The van der Waals surface area contributed by atoms with Crippen LogP contribution in [0.4, 0.5) is 0 Å². The highest BCUT2D eigenvalue weighted by Crippen LogP contribution is 2.33. The lowest BCUT2D eigenvalue weighted by Gasteiger charge is -2.23. The Morgan fingerprint density at radius 2 is 1.32 bits per heavy atom. The lowest BCUT2D eigenvalue weighted by Crippen LogP contribution is -2.24. The number of ketones is 2. The second-order valence-electron chi connectivity index (χ2n) is 5.09. The number of carbonyl (C=O) groups is 2. The summed E-state index contributed by atoms with van der Waals surface area (Å²) in [6.45, 7) is -1.31. The third-order valence-electron chi connectivity index (χ3n) is 4.02. The van der Waals surface area contributed by atoms with Crippen molar-refractivity contribution in [3.05, 3.63) is 69.3 Å². The number of aliphatic hydroxyl groups is 3.